The van der Waals surface area contributed by atoms with Crippen LogP contribution in [0.2, 0.25) is 0 Å². The van der Waals surface area contributed by atoms with Crippen molar-refractivity contribution in [1.29, 1.82) is 0 Å². The molecule has 11 nitrogen and oxygen atoms in total. The Labute approximate surface area is 464 Å². The fourth-order valence-electron chi connectivity index (χ4n) is 8.16. The predicted molar refractivity (Wildman–Crippen MR) is 316 cm³/mol. The van der Waals surface area contributed by atoms with Crippen molar-refractivity contribution in [1.82, 2.24) is 0 Å². The average Bonchev–Trinajstić information content (AvgIpc) is 3.41. The van der Waals surface area contributed by atoms with Crippen molar-refractivity contribution in [3.63, 3.8) is 0 Å². The van der Waals surface area contributed by atoms with E-state index in [-0.39, 0.29) is 25.9 Å². The quantitative estimate of drug-likeness (QED) is 0.0197. The monoisotopic (exact) mass is 1090 g/mol. The van der Waals surface area contributed by atoms with E-state index in [1.165, 1.54) is 122 Å². The number of phosphoric acid groups is 1. The van der Waals surface area contributed by atoms with Crippen molar-refractivity contribution in [3.05, 3.63) is 85.1 Å². The number of hydrogen-bond acceptors (Lipinski definition) is 10. The molecule has 0 aliphatic carbocycles. The minimum absolute atomic E-state index is 0.103. The van der Waals surface area contributed by atoms with Gasteiger partial charge in [0.25, 0.3) is 0 Å². The van der Waals surface area contributed by atoms with Crippen LogP contribution in [-0.2, 0) is 42.2 Å². The highest BCUT2D eigenvalue weighted by Crippen LogP contribution is 2.43. The first-order valence-electron chi connectivity index (χ1n) is 30.5. The lowest BCUT2D eigenvalue weighted by Gasteiger charge is -2.21. The van der Waals surface area contributed by atoms with Crippen LogP contribution in [0.25, 0.3) is 0 Å². The molecule has 0 spiro atoms. The molecule has 0 bridgehead atoms. The molecule has 0 heterocycles. The summed E-state index contributed by atoms with van der Waals surface area (Å²) in [5.74, 6) is -1.57. The molecule has 0 amide bonds. The Morgan fingerprint density at radius 1 is 0.382 bits per heavy atom. The summed E-state index contributed by atoms with van der Waals surface area (Å²) in [6, 6.07) is 0. The minimum atomic E-state index is -4.77. The molecule has 438 valence electrons. The number of ether oxygens (including phenoxy) is 3. The molecule has 3 unspecified atom stereocenters. The van der Waals surface area contributed by atoms with Gasteiger partial charge in [-0.05, 0) is 103 Å². The molecule has 0 aromatic heterocycles. The molecule has 0 fully saturated rings. The van der Waals surface area contributed by atoms with Crippen molar-refractivity contribution in [2.75, 3.05) is 26.4 Å². The van der Waals surface area contributed by atoms with Crippen molar-refractivity contribution in [2.45, 2.75) is 277 Å². The van der Waals surface area contributed by atoms with Crippen molar-refractivity contribution in [2.24, 2.45) is 0 Å². The zero-order valence-electron chi connectivity index (χ0n) is 48.5. The van der Waals surface area contributed by atoms with Gasteiger partial charge in [0.2, 0.25) is 0 Å². The zero-order chi connectivity index (χ0) is 55.5. The molecule has 12 heteroatoms. The number of aliphatic hydroxyl groups is 1. The number of hydrogen-bond donors (Lipinski definition) is 2. The van der Waals surface area contributed by atoms with Gasteiger partial charge in [0, 0.05) is 19.3 Å². The Hall–Kier alpha value is -3.34. The summed E-state index contributed by atoms with van der Waals surface area (Å²) in [5, 5.41) is 9.83. The molecule has 3 atom stereocenters. The number of carbonyl (C=O) groups is 3. The number of rotatable bonds is 56. The second kappa shape index (κ2) is 57.8. The van der Waals surface area contributed by atoms with E-state index >= 15 is 0 Å². The summed E-state index contributed by atoms with van der Waals surface area (Å²) in [6.45, 7) is 4.43. The fourth-order valence-corrected chi connectivity index (χ4v) is 8.94. The molecular weight excluding hydrogens is 976 g/mol. The lowest BCUT2D eigenvalue weighted by Crippen LogP contribution is -2.30. The van der Waals surface area contributed by atoms with E-state index in [1.54, 1.807) is 0 Å². The first-order chi connectivity index (χ1) is 37.2. The lowest BCUT2D eigenvalue weighted by molar-refractivity contribution is -0.161. The number of allylic oxidation sites excluding steroid dienone is 14. The van der Waals surface area contributed by atoms with Gasteiger partial charge >= 0.3 is 25.7 Å². The molecule has 0 aromatic rings. The number of phosphoric ester groups is 1. The smallest absolute Gasteiger partial charge is 0.462 e. The Bertz CT molecular complexity index is 1600. The van der Waals surface area contributed by atoms with E-state index < -0.39 is 57.8 Å². The van der Waals surface area contributed by atoms with Crippen LogP contribution in [0.3, 0.4) is 0 Å². The first kappa shape index (κ1) is 72.7. The molecule has 0 saturated heterocycles. The van der Waals surface area contributed by atoms with E-state index in [4.69, 9.17) is 23.3 Å². The molecule has 0 rings (SSSR count). The number of unbranched alkanes of at least 4 members (excludes halogenated alkanes) is 25. The summed E-state index contributed by atoms with van der Waals surface area (Å²) in [6.07, 6.45) is 67.0. The Morgan fingerprint density at radius 3 is 1.14 bits per heavy atom. The highest BCUT2D eigenvalue weighted by Gasteiger charge is 2.28. The first-order valence-corrected chi connectivity index (χ1v) is 32.0. The standard InChI is InChI=1S/C64H111O11P/c1-4-7-10-13-16-19-22-25-27-29-30-32-34-37-40-43-46-49-52-55-64(68)75-61(57-71-62(66)53-50-47-44-41-38-35-24-21-18-15-12-9-6-3)59-73-76(69,70)72-58-60(56-65)74-63(67)54-51-48-45-42-39-36-33-31-28-26-23-20-17-14-11-8-5-2/h9,12,17-18,20-21,25-28,35,38,44,47,60-61,65H,4-8,10-11,13-16,19,22-24,29-34,36-37,39-43,45-46,48-59H2,1-3H3,(H,69,70)/b12-9-,20-17-,21-18-,27-25-,28-26-,38-35-,47-44-. The number of carbonyl (C=O) groups excluding carboxylic acids is 3. The van der Waals surface area contributed by atoms with Crippen molar-refractivity contribution >= 4 is 25.7 Å². The Balaban J connectivity index is 4.73. The van der Waals surface area contributed by atoms with Crippen LogP contribution in [0.5, 0.6) is 0 Å². The number of esters is 3. The molecule has 76 heavy (non-hydrogen) atoms. The van der Waals surface area contributed by atoms with E-state index in [0.717, 1.165) is 83.5 Å². The summed E-state index contributed by atoms with van der Waals surface area (Å²) in [7, 11) is -4.77. The highest BCUT2D eigenvalue weighted by molar-refractivity contribution is 7.47. The topological polar surface area (TPSA) is 155 Å². The maximum Gasteiger partial charge on any atom is 0.472 e. The van der Waals surface area contributed by atoms with Crippen LogP contribution in [0.15, 0.2) is 85.1 Å². The van der Waals surface area contributed by atoms with Crippen LogP contribution in [0, 0.1) is 0 Å². The van der Waals surface area contributed by atoms with E-state index in [0.29, 0.717) is 19.3 Å². The fraction of sp³-hybridized carbons (Fsp3) is 0.734. The second-order valence-electron chi connectivity index (χ2n) is 20.1. The Morgan fingerprint density at radius 2 is 0.711 bits per heavy atom. The molecule has 0 radical (unpaired) electrons. The third-order valence-electron chi connectivity index (χ3n) is 12.8. The third kappa shape index (κ3) is 55.4. The summed E-state index contributed by atoms with van der Waals surface area (Å²) in [4.78, 5) is 48.6. The van der Waals surface area contributed by atoms with Gasteiger partial charge in [-0.3, -0.25) is 23.4 Å². The highest BCUT2D eigenvalue weighted by atomic mass is 31.2. The molecular formula is C64H111O11P. The van der Waals surface area contributed by atoms with Gasteiger partial charge in [-0.1, -0.05) is 228 Å². The van der Waals surface area contributed by atoms with E-state index in [9.17, 15) is 28.9 Å². The maximum absolute atomic E-state index is 12.9. The van der Waals surface area contributed by atoms with Gasteiger partial charge < -0.3 is 24.2 Å². The minimum Gasteiger partial charge on any atom is -0.462 e. The average molecular weight is 1090 g/mol. The van der Waals surface area contributed by atoms with Gasteiger partial charge in [0.15, 0.2) is 6.10 Å². The molecule has 0 aliphatic heterocycles. The van der Waals surface area contributed by atoms with Gasteiger partial charge in [-0.2, -0.15) is 0 Å². The normalized spacial score (nSPS) is 13.9. The van der Waals surface area contributed by atoms with Crippen LogP contribution >= 0.6 is 7.82 Å². The Kier molecular flexibility index (Phi) is 55.3. The second-order valence-corrected chi connectivity index (χ2v) is 21.6. The van der Waals surface area contributed by atoms with Gasteiger partial charge in [0.05, 0.1) is 19.8 Å². The predicted octanol–water partition coefficient (Wildman–Crippen LogP) is 18.3. The van der Waals surface area contributed by atoms with E-state index in [1.807, 2.05) is 12.2 Å². The van der Waals surface area contributed by atoms with E-state index in [2.05, 4.69) is 93.7 Å². The molecule has 0 saturated carbocycles. The van der Waals surface area contributed by atoms with Crippen LogP contribution in [0.4, 0.5) is 0 Å². The lowest BCUT2D eigenvalue weighted by atomic mass is 10.1. The SMILES string of the molecule is CC/C=C\C/C=C\C/C=C\C/C=C\CCC(=O)OCC(COP(=O)(O)OCC(CO)OC(=O)CCCCCCCCC/C=C\C/C=C\CCCCC)OC(=O)CCCCCCCCCCC/C=C\CCCCCCCC. The molecule has 2 N–H and O–H groups in total. The summed E-state index contributed by atoms with van der Waals surface area (Å²) >= 11 is 0. The third-order valence-corrected chi connectivity index (χ3v) is 13.7. The van der Waals surface area contributed by atoms with Crippen molar-refractivity contribution < 1.29 is 52.2 Å². The van der Waals surface area contributed by atoms with Crippen LogP contribution < -0.4 is 0 Å². The van der Waals surface area contributed by atoms with Crippen molar-refractivity contribution in [3.8, 4) is 0 Å². The zero-order valence-corrected chi connectivity index (χ0v) is 49.3. The van der Waals surface area contributed by atoms with Crippen LogP contribution in [-0.4, -0.2) is 66.5 Å². The summed E-state index contributed by atoms with van der Waals surface area (Å²) < 4.78 is 39.5. The summed E-state index contributed by atoms with van der Waals surface area (Å²) in [5.41, 5.74) is 0. The maximum atomic E-state index is 12.9. The molecule has 0 aliphatic rings. The van der Waals surface area contributed by atoms with Gasteiger partial charge in [-0.15, -0.1) is 0 Å². The largest absolute Gasteiger partial charge is 0.472 e. The number of aliphatic hydroxyl groups excluding tert-OH is 1. The molecule has 0 aromatic carbocycles. The van der Waals surface area contributed by atoms with Crippen LogP contribution in [0.1, 0.15) is 265 Å². The van der Waals surface area contributed by atoms with Gasteiger partial charge in [0.1, 0.15) is 12.7 Å². The van der Waals surface area contributed by atoms with Gasteiger partial charge in [-0.25, -0.2) is 4.57 Å².